The van der Waals surface area contributed by atoms with Crippen molar-refractivity contribution in [2.75, 3.05) is 14.1 Å². The zero-order chi connectivity index (χ0) is 21.1. The minimum absolute atomic E-state index is 0.0102. The van der Waals surface area contributed by atoms with Crippen LogP contribution in [0.25, 0.3) is 6.08 Å². The Kier molecular flexibility index (Phi) is 6.11. The molecule has 0 unspecified atom stereocenters. The lowest BCUT2D eigenvalue weighted by Gasteiger charge is -2.31. The first-order chi connectivity index (χ1) is 13.8. The first-order valence-electron chi connectivity index (χ1n) is 8.55. The van der Waals surface area contributed by atoms with Crippen LogP contribution in [0.3, 0.4) is 0 Å². The Morgan fingerprint density at radius 2 is 1.79 bits per heavy atom. The molecule has 6 nitrogen and oxygen atoms in total. The molecule has 1 saturated heterocycles. The van der Waals surface area contributed by atoms with E-state index in [0.29, 0.717) is 16.9 Å². The maximum atomic E-state index is 12.6. The second-order valence-electron chi connectivity index (χ2n) is 6.31. The van der Waals surface area contributed by atoms with E-state index in [1.807, 2.05) is 12.1 Å². The summed E-state index contributed by atoms with van der Waals surface area (Å²) in [5, 5.41) is 9.39. The van der Waals surface area contributed by atoms with Crippen molar-refractivity contribution in [3.8, 4) is 11.8 Å². The van der Waals surface area contributed by atoms with Gasteiger partial charge < -0.3 is 4.74 Å². The number of ether oxygens (including phenoxy) is 1. The van der Waals surface area contributed by atoms with Crippen LogP contribution in [0, 0.1) is 11.3 Å². The van der Waals surface area contributed by atoms with Crippen molar-refractivity contribution in [3.63, 3.8) is 0 Å². The average Bonchev–Trinajstić information content (AvgIpc) is 2.73. The van der Waals surface area contributed by atoms with Crippen molar-refractivity contribution in [2.24, 2.45) is 0 Å². The van der Waals surface area contributed by atoms with Gasteiger partial charge in [-0.25, -0.2) is 0 Å². The molecule has 0 N–H and O–H groups in total. The van der Waals surface area contributed by atoms with E-state index >= 15 is 0 Å². The minimum atomic E-state index is -0.473. The van der Waals surface area contributed by atoms with Crippen LogP contribution in [0.15, 0.2) is 52.5 Å². The van der Waals surface area contributed by atoms with Gasteiger partial charge >= 0.3 is 0 Å². The third kappa shape index (κ3) is 4.21. The van der Waals surface area contributed by atoms with Crippen molar-refractivity contribution >= 4 is 51.2 Å². The first-order valence-corrected chi connectivity index (χ1v) is 9.75. The van der Waals surface area contributed by atoms with Gasteiger partial charge in [-0.05, 0) is 42.6 Å². The summed E-state index contributed by atoms with van der Waals surface area (Å²) >= 11 is 8.52. The second kappa shape index (κ2) is 8.55. The number of thiocarbonyl (C=S) groups is 1. The molecule has 0 saturated carbocycles. The molecule has 3 rings (SSSR count). The highest BCUT2D eigenvalue weighted by atomic mass is 79.9. The number of nitriles is 1. The van der Waals surface area contributed by atoms with Crippen LogP contribution >= 0.6 is 28.1 Å². The molecule has 2 aromatic rings. The molecule has 2 amide bonds. The predicted octanol–water partition coefficient (Wildman–Crippen LogP) is 3.50. The van der Waals surface area contributed by atoms with E-state index in [9.17, 15) is 14.9 Å². The van der Waals surface area contributed by atoms with Crippen molar-refractivity contribution in [1.82, 2.24) is 9.80 Å². The van der Waals surface area contributed by atoms with Crippen LogP contribution in [0.2, 0.25) is 0 Å². The maximum Gasteiger partial charge on any atom is 0.265 e. The number of carbonyl (C=O) groups excluding carboxylic acids is 2. The molecular weight excluding hydrogens is 454 g/mol. The summed E-state index contributed by atoms with van der Waals surface area (Å²) in [6, 6.07) is 14.6. The van der Waals surface area contributed by atoms with Crippen LogP contribution < -0.4 is 4.74 Å². The number of benzene rings is 2. The van der Waals surface area contributed by atoms with Gasteiger partial charge in [-0.2, -0.15) is 5.26 Å². The van der Waals surface area contributed by atoms with E-state index in [1.165, 1.54) is 30.0 Å². The van der Waals surface area contributed by atoms with Gasteiger partial charge in [-0.1, -0.05) is 34.1 Å². The number of halogens is 1. The van der Waals surface area contributed by atoms with Gasteiger partial charge in [0.2, 0.25) is 0 Å². The van der Waals surface area contributed by atoms with Crippen molar-refractivity contribution < 1.29 is 14.3 Å². The smallest absolute Gasteiger partial charge is 0.265 e. The molecule has 0 aliphatic carbocycles. The molecule has 2 aromatic carbocycles. The predicted molar refractivity (Wildman–Crippen MR) is 116 cm³/mol. The number of carbonyl (C=O) groups is 2. The van der Waals surface area contributed by atoms with Gasteiger partial charge in [0.15, 0.2) is 5.11 Å². The van der Waals surface area contributed by atoms with Crippen LogP contribution in [-0.2, 0) is 16.2 Å². The fourth-order valence-corrected chi connectivity index (χ4v) is 3.35. The van der Waals surface area contributed by atoms with Crippen molar-refractivity contribution in [2.45, 2.75) is 6.61 Å². The van der Waals surface area contributed by atoms with E-state index in [1.54, 1.807) is 30.3 Å². The number of nitrogens with zero attached hydrogens (tertiary/aromatic N) is 3. The minimum Gasteiger partial charge on any atom is -0.488 e. The van der Waals surface area contributed by atoms with Gasteiger partial charge in [-0.15, -0.1) is 0 Å². The zero-order valence-corrected chi connectivity index (χ0v) is 18.1. The largest absolute Gasteiger partial charge is 0.488 e. The first kappa shape index (κ1) is 20.7. The highest BCUT2D eigenvalue weighted by molar-refractivity contribution is 9.10. The van der Waals surface area contributed by atoms with Crippen LogP contribution in [0.4, 0.5) is 0 Å². The van der Waals surface area contributed by atoms with E-state index in [4.69, 9.17) is 17.0 Å². The molecule has 1 heterocycles. The van der Waals surface area contributed by atoms with Crippen molar-refractivity contribution in [3.05, 3.63) is 69.2 Å². The van der Waals surface area contributed by atoms with Gasteiger partial charge in [0.1, 0.15) is 17.9 Å². The maximum absolute atomic E-state index is 12.6. The number of hydrogen-bond donors (Lipinski definition) is 0. The molecule has 0 bridgehead atoms. The lowest BCUT2D eigenvalue weighted by atomic mass is 10.1. The number of amides is 2. The topological polar surface area (TPSA) is 73.6 Å². The van der Waals surface area contributed by atoms with Gasteiger partial charge in [0, 0.05) is 29.7 Å². The van der Waals surface area contributed by atoms with Crippen molar-refractivity contribution in [1.29, 1.82) is 5.26 Å². The third-order valence-electron chi connectivity index (χ3n) is 4.44. The van der Waals surface area contributed by atoms with E-state index in [2.05, 4.69) is 22.0 Å². The number of rotatable bonds is 4. The molecule has 146 valence electrons. The molecule has 0 spiro atoms. The van der Waals surface area contributed by atoms with Crippen LogP contribution in [0.5, 0.6) is 5.75 Å². The molecule has 29 heavy (non-hydrogen) atoms. The molecule has 0 atom stereocenters. The average molecular weight is 470 g/mol. The molecule has 1 fully saturated rings. The molecule has 0 radical (unpaired) electrons. The molecule has 8 heteroatoms. The summed E-state index contributed by atoms with van der Waals surface area (Å²) in [7, 11) is 3.05. The zero-order valence-electron chi connectivity index (χ0n) is 15.7. The molecule has 0 aromatic heterocycles. The Labute approximate surface area is 182 Å². The highest BCUT2D eigenvalue weighted by Crippen LogP contribution is 2.28. The van der Waals surface area contributed by atoms with E-state index in [-0.39, 0.29) is 17.3 Å². The Hall–Kier alpha value is -3.02. The summed E-state index contributed by atoms with van der Waals surface area (Å²) < 4.78 is 6.68. The van der Waals surface area contributed by atoms with E-state index in [0.717, 1.165) is 10.0 Å². The summed E-state index contributed by atoms with van der Waals surface area (Å²) in [4.78, 5) is 27.7. The summed E-state index contributed by atoms with van der Waals surface area (Å²) in [5.74, 6) is -0.467. The Morgan fingerprint density at radius 3 is 2.45 bits per heavy atom. The van der Waals surface area contributed by atoms with E-state index < -0.39 is 11.8 Å². The lowest BCUT2D eigenvalue weighted by Crippen LogP contribution is -2.52. The summed E-state index contributed by atoms with van der Waals surface area (Å²) in [5.41, 5.74) is 1.81. The monoisotopic (exact) mass is 469 g/mol. The fraction of sp³-hybridized carbons (Fsp3) is 0.143. The highest BCUT2D eigenvalue weighted by Gasteiger charge is 2.35. The fourth-order valence-electron chi connectivity index (χ4n) is 2.80. The van der Waals surface area contributed by atoms with Crippen LogP contribution in [0.1, 0.15) is 16.7 Å². The van der Waals surface area contributed by atoms with Gasteiger partial charge in [-0.3, -0.25) is 19.4 Å². The SMILES string of the molecule is CN1C(=O)C(=Cc2cc(Br)ccc2OCc2ccccc2C#N)C(=O)N(C)C1=S. The number of hydrogen-bond acceptors (Lipinski definition) is 5. The van der Waals surface area contributed by atoms with Gasteiger partial charge in [0.25, 0.3) is 11.8 Å². The second-order valence-corrected chi connectivity index (χ2v) is 7.59. The molecule has 1 aliphatic rings. The Morgan fingerprint density at radius 1 is 1.14 bits per heavy atom. The van der Waals surface area contributed by atoms with Gasteiger partial charge in [0.05, 0.1) is 11.6 Å². The number of likely N-dealkylation sites (N-methyl/N-ethyl adjacent to an activating group) is 2. The standard InChI is InChI=1S/C21H16BrN3O3S/c1-24-19(26)17(20(27)25(2)21(24)29)10-15-9-16(22)7-8-18(15)28-12-14-6-4-3-5-13(14)11-23/h3-10H,12H2,1-2H3. The molecular formula is C21H16BrN3O3S. The Balaban J connectivity index is 1.96. The summed E-state index contributed by atoms with van der Waals surface area (Å²) in [6.07, 6.45) is 1.50. The lowest BCUT2D eigenvalue weighted by molar-refractivity contribution is -0.132. The van der Waals surface area contributed by atoms with Crippen LogP contribution in [-0.4, -0.2) is 40.8 Å². The summed E-state index contributed by atoms with van der Waals surface area (Å²) in [6.45, 7) is 0.174. The molecule has 1 aliphatic heterocycles. The Bertz CT molecular complexity index is 1060. The quantitative estimate of drug-likeness (QED) is 0.389. The normalized spacial score (nSPS) is 14.1. The third-order valence-corrected chi connectivity index (χ3v) is 5.48.